The van der Waals surface area contributed by atoms with Gasteiger partial charge in [0.1, 0.15) is 0 Å². The molecule has 2 aromatic rings. The number of benzene rings is 1. The molecule has 1 aliphatic carbocycles. The molecular formula is C15H18ClN3O. The van der Waals surface area contributed by atoms with Crippen LogP contribution in [0.5, 0.6) is 0 Å². The molecule has 0 radical (unpaired) electrons. The molecular weight excluding hydrogens is 274 g/mol. The van der Waals surface area contributed by atoms with Crippen LogP contribution in [0, 0.1) is 5.92 Å². The molecule has 1 atom stereocenters. The maximum absolute atomic E-state index is 5.42. The van der Waals surface area contributed by atoms with Crippen LogP contribution in [0.15, 0.2) is 28.8 Å². The zero-order valence-electron chi connectivity index (χ0n) is 11.2. The average molecular weight is 292 g/mol. The van der Waals surface area contributed by atoms with Crippen molar-refractivity contribution in [2.75, 3.05) is 0 Å². The standard InChI is InChI=1S/C15H17N3O.ClH/c1-2-4-12-9-16-13(8-11(12)3-1)15-17-14(18-19-15)7-10-5-6-10;/h1-4,10,13,16H,5-9H2;1H/t13-;/m1./s1. The molecule has 0 spiro atoms. The summed E-state index contributed by atoms with van der Waals surface area (Å²) < 4.78 is 5.42. The fraction of sp³-hybridized carbons (Fsp3) is 0.467. The summed E-state index contributed by atoms with van der Waals surface area (Å²) in [6, 6.07) is 8.69. The van der Waals surface area contributed by atoms with E-state index in [-0.39, 0.29) is 18.4 Å². The maximum Gasteiger partial charge on any atom is 0.244 e. The van der Waals surface area contributed by atoms with Crippen LogP contribution in [0.2, 0.25) is 0 Å². The van der Waals surface area contributed by atoms with Gasteiger partial charge in [-0.05, 0) is 36.3 Å². The summed E-state index contributed by atoms with van der Waals surface area (Å²) in [5, 5.41) is 7.58. The van der Waals surface area contributed by atoms with Crippen molar-refractivity contribution < 1.29 is 4.52 Å². The van der Waals surface area contributed by atoms with Gasteiger partial charge in [-0.1, -0.05) is 29.4 Å². The molecule has 2 aliphatic rings. The lowest BCUT2D eigenvalue weighted by Crippen LogP contribution is -2.28. The Hall–Kier alpha value is -1.39. The lowest BCUT2D eigenvalue weighted by atomic mass is 9.96. The Balaban J connectivity index is 0.00000121. The van der Waals surface area contributed by atoms with Crippen LogP contribution in [0.4, 0.5) is 0 Å². The second kappa shape index (κ2) is 5.54. The van der Waals surface area contributed by atoms with Crippen molar-refractivity contribution in [1.29, 1.82) is 0 Å². The van der Waals surface area contributed by atoms with Crippen molar-refractivity contribution >= 4 is 12.4 Å². The lowest BCUT2D eigenvalue weighted by molar-refractivity contribution is 0.318. The van der Waals surface area contributed by atoms with E-state index < -0.39 is 0 Å². The van der Waals surface area contributed by atoms with E-state index in [4.69, 9.17) is 4.52 Å². The smallest absolute Gasteiger partial charge is 0.244 e. The minimum Gasteiger partial charge on any atom is -0.338 e. The monoisotopic (exact) mass is 291 g/mol. The molecule has 0 bridgehead atoms. The van der Waals surface area contributed by atoms with Crippen LogP contribution in [-0.2, 0) is 19.4 Å². The molecule has 1 aromatic heterocycles. The maximum atomic E-state index is 5.42. The summed E-state index contributed by atoms with van der Waals surface area (Å²) >= 11 is 0. The molecule has 0 unspecified atom stereocenters. The van der Waals surface area contributed by atoms with E-state index in [1.807, 2.05) is 0 Å². The molecule has 5 heteroatoms. The largest absolute Gasteiger partial charge is 0.338 e. The van der Waals surface area contributed by atoms with Gasteiger partial charge in [0, 0.05) is 13.0 Å². The fourth-order valence-electron chi connectivity index (χ4n) is 2.70. The molecule has 2 heterocycles. The van der Waals surface area contributed by atoms with Gasteiger partial charge in [0.25, 0.3) is 0 Å². The summed E-state index contributed by atoms with van der Waals surface area (Å²) in [4.78, 5) is 4.55. The molecule has 4 rings (SSSR count). The molecule has 1 N–H and O–H groups in total. The highest BCUT2D eigenvalue weighted by molar-refractivity contribution is 5.85. The van der Waals surface area contributed by atoms with Crippen LogP contribution in [0.1, 0.15) is 41.7 Å². The average Bonchev–Trinajstić information content (AvgIpc) is 3.14. The van der Waals surface area contributed by atoms with Crippen molar-refractivity contribution in [3.05, 3.63) is 47.1 Å². The molecule has 0 amide bonds. The highest BCUT2D eigenvalue weighted by atomic mass is 35.5. The van der Waals surface area contributed by atoms with Gasteiger partial charge in [-0.2, -0.15) is 4.98 Å². The highest BCUT2D eigenvalue weighted by Gasteiger charge is 2.27. The van der Waals surface area contributed by atoms with Crippen molar-refractivity contribution in [3.8, 4) is 0 Å². The zero-order valence-corrected chi connectivity index (χ0v) is 12.0. The summed E-state index contributed by atoms with van der Waals surface area (Å²) in [5.74, 6) is 2.41. The van der Waals surface area contributed by atoms with E-state index in [0.717, 1.165) is 37.0 Å². The summed E-state index contributed by atoms with van der Waals surface area (Å²) in [7, 11) is 0. The Morgan fingerprint density at radius 2 is 2.00 bits per heavy atom. The molecule has 106 valence electrons. The Labute approximate surface area is 124 Å². The third-order valence-corrected chi connectivity index (χ3v) is 4.03. The third kappa shape index (κ3) is 2.72. The van der Waals surface area contributed by atoms with Crippen LogP contribution in [0.25, 0.3) is 0 Å². The highest BCUT2D eigenvalue weighted by Crippen LogP contribution is 2.32. The van der Waals surface area contributed by atoms with Crippen molar-refractivity contribution in [3.63, 3.8) is 0 Å². The van der Waals surface area contributed by atoms with E-state index >= 15 is 0 Å². The van der Waals surface area contributed by atoms with Gasteiger partial charge >= 0.3 is 0 Å². The Kier molecular flexibility index (Phi) is 3.76. The number of fused-ring (bicyclic) bond motifs is 1. The fourth-order valence-corrected chi connectivity index (χ4v) is 2.70. The van der Waals surface area contributed by atoms with Crippen molar-refractivity contribution in [2.24, 2.45) is 5.92 Å². The molecule has 1 fully saturated rings. The number of hydrogen-bond acceptors (Lipinski definition) is 4. The van der Waals surface area contributed by atoms with Crippen LogP contribution in [0.3, 0.4) is 0 Å². The number of hydrogen-bond donors (Lipinski definition) is 1. The Morgan fingerprint density at radius 3 is 2.80 bits per heavy atom. The second-order valence-corrected chi connectivity index (χ2v) is 5.60. The molecule has 1 aliphatic heterocycles. The van der Waals surface area contributed by atoms with Crippen LogP contribution >= 0.6 is 12.4 Å². The minimum atomic E-state index is 0. The van der Waals surface area contributed by atoms with E-state index in [1.165, 1.54) is 24.0 Å². The van der Waals surface area contributed by atoms with Gasteiger partial charge in [0.15, 0.2) is 5.82 Å². The number of halogens is 1. The first-order chi connectivity index (χ1) is 9.38. The Morgan fingerprint density at radius 1 is 1.20 bits per heavy atom. The number of nitrogens with one attached hydrogen (secondary N) is 1. The number of nitrogens with zero attached hydrogens (tertiary/aromatic N) is 2. The number of aromatic nitrogens is 2. The minimum absolute atomic E-state index is 0. The van der Waals surface area contributed by atoms with Gasteiger partial charge in [-0.15, -0.1) is 12.4 Å². The van der Waals surface area contributed by atoms with E-state index in [9.17, 15) is 0 Å². The molecule has 20 heavy (non-hydrogen) atoms. The SMILES string of the molecule is Cl.c1ccc2c(c1)CN[C@@H](c1nc(CC3CC3)no1)C2. The van der Waals surface area contributed by atoms with Gasteiger partial charge < -0.3 is 9.84 Å². The predicted octanol–water partition coefficient (Wildman–Crippen LogP) is 2.83. The van der Waals surface area contributed by atoms with Crippen LogP contribution < -0.4 is 5.32 Å². The van der Waals surface area contributed by atoms with Gasteiger partial charge in [-0.3, -0.25) is 0 Å². The van der Waals surface area contributed by atoms with Crippen molar-refractivity contribution in [2.45, 2.75) is 38.3 Å². The lowest BCUT2D eigenvalue weighted by Gasteiger charge is -2.23. The first-order valence-electron chi connectivity index (χ1n) is 7.01. The first kappa shape index (κ1) is 13.6. The molecule has 1 saturated carbocycles. The second-order valence-electron chi connectivity index (χ2n) is 5.60. The van der Waals surface area contributed by atoms with E-state index in [1.54, 1.807) is 0 Å². The number of rotatable bonds is 3. The third-order valence-electron chi connectivity index (χ3n) is 4.03. The molecule has 0 saturated heterocycles. The summed E-state index contributed by atoms with van der Waals surface area (Å²) in [5.41, 5.74) is 2.75. The van der Waals surface area contributed by atoms with Gasteiger partial charge in [0.2, 0.25) is 5.89 Å². The zero-order chi connectivity index (χ0) is 12.7. The predicted molar refractivity (Wildman–Crippen MR) is 77.7 cm³/mol. The first-order valence-corrected chi connectivity index (χ1v) is 7.01. The van der Waals surface area contributed by atoms with E-state index in [2.05, 4.69) is 39.7 Å². The van der Waals surface area contributed by atoms with Gasteiger partial charge in [0.05, 0.1) is 6.04 Å². The van der Waals surface area contributed by atoms with Crippen molar-refractivity contribution in [1.82, 2.24) is 15.5 Å². The summed E-state index contributed by atoms with van der Waals surface area (Å²) in [6.45, 7) is 0.876. The normalized spacial score (nSPS) is 21.1. The van der Waals surface area contributed by atoms with Crippen LogP contribution in [-0.4, -0.2) is 10.1 Å². The topological polar surface area (TPSA) is 51.0 Å². The van der Waals surface area contributed by atoms with Gasteiger partial charge in [-0.25, -0.2) is 0 Å². The Bertz CT molecular complexity index is 594. The quantitative estimate of drug-likeness (QED) is 0.945. The molecule has 4 nitrogen and oxygen atoms in total. The van der Waals surface area contributed by atoms with E-state index in [0.29, 0.717) is 0 Å². The summed E-state index contributed by atoms with van der Waals surface area (Å²) in [6.07, 6.45) is 4.55. The molecule has 1 aromatic carbocycles.